The highest BCUT2D eigenvalue weighted by Crippen LogP contribution is 2.32. The smallest absolute Gasteiger partial charge is 0.217 e. The average Bonchev–Trinajstić information content (AvgIpc) is 3.09. The van der Waals surface area contributed by atoms with Gasteiger partial charge < -0.3 is 14.6 Å². The van der Waals surface area contributed by atoms with Gasteiger partial charge in [0.25, 0.3) is 0 Å². The molecule has 0 unspecified atom stereocenters. The largest absolute Gasteiger partial charge is 0.478 e. The number of pyridine rings is 1. The number of hydrogen-bond donors (Lipinski definition) is 1. The van der Waals surface area contributed by atoms with Crippen LogP contribution in [-0.4, -0.2) is 40.3 Å². The lowest BCUT2D eigenvalue weighted by Gasteiger charge is -2.27. The number of fused-ring (bicyclic) bond motifs is 1. The SMILES string of the molecule is CCOc1ncccc1CNC.Cc1c(SN2CCc3ccccc3C2)cc(C=O)n1C. The van der Waals surface area contributed by atoms with Crippen LogP contribution in [0.15, 0.2) is 53.6 Å². The van der Waals surface area contributed by atoms with E-state index in [1.54, 1.807) is 18.1 Å². The number of rotatable bonds is 7. The predicted molar refractivity (Wildman–Crippen MR) is 130 cm³/mol. The van der Waals surface area contributed by atoms with Gasteiger partial charge in [-0.15, -0.1) is 0 Å². The minimum Gasteiger partial charge on any atom is -0.478 e. The van der Waals surface area contributed by atoms with Gasteiger partial charge in [0.1, 0.15) is 0 Å². The highest BCUT2D eigenvalue weighted by Gasteiger charge is 2.19. The van der Waals surface area contributed by atoms with Gasteiger partial charge in [0, 0.05) is 49.0 Å². The van der Waals surface area contributed by atoms with E-state index in [1.165, 1.54) is 16.0 Å². The van der Waals surface area contributed by atoms with Crippen molar-refractivity contribution in [2.24, 2.45) is 7.05 Å². The third-order valence-electron chi connectivity index (χ3n) is 5.47. The summed E-state index contributed by atoms with van der Waals surface area (Å²) in [6.45, 7) is 7.49. The first-order valence-corrected chi connectivity index (χ1v) is 11.7. The van der Waals surface area contributed by atoms with Crippen molar-refractivity contribution >= 4 is 18.2 Å². The van der Waals surface area contributed by atoms with Gasteiger partial charge in [-0.1, -0.05) is 30.3 Å². The summed E-state index contributed by atoms with van der Waals surface area (Å²) in [5.41, 5.74) is 5.86. The zero-order valence-corrected chi connectivity index (χ0v) is 20.1. The Bertz CT molecular complexity index is 1010. The van der Waals surface area contributed by atoms with Crippen molar-refractivity contribution in [2.75, 3.05) is 20.2 Å². The molecule has 1 aromatic carbocycles. The van der Waals surface area contributed by atoms with E-state index in [1.807, 2.05) is 43.8 Å². The lowest BCUT2D eigenvalue weighted by atomic mass is 10.0. The molecule has 32 heavy (non-hydrogen) atoms. The summed E-state index contributed by atoms with van der Waals surface area (Å²) in [6, 6.07) is 14.5. The summed E-state index contributed by atoms with van der Waals surface area (Å²) in [6.07, 6.45) is 3.75. The number of hydrogen-bond acceptors (Lipinski definition) is 6. The molecule has 0 aliphatic carbocycles. The Hall–Kier alpha value is -2.61. The topological polar surface area (TPSA) is 59.4 Å². The Labute approximate surface area is 195 Å². The highest BCUT2D eigenvalue weighted by molar-refractivity contribution is 7.97. The fourth-order valence-electron chi connectivity index (χ4n) is 3.60. The zero-order chi connectivity index (χ0) is 22.9. The molecule has 4 rings (SSSR count). The fourth-order valence-corrected chi connectivity index (χ4v) is 4.71. The maximum atomic E-state index is 11.0. The first kappa shape index (κ1) is 24.0. The molecular formula is C25H32N4O2S. The number of ether oxygens (including phenoxy) is 1. The number of aromatic nitrogens is 2. The van der Waals surface area contributed by atoms with E-state index in [-0.39, 0.29) is 0 Å². The van der Waals surface area contributed by atoms with Crippen LogP contribution < -0.4 is 10.1 Å². The highest BCUT2D eigenvalue weighted by atomic mass is 32.2. The average molecular weight is 453 g/mol. The molecule has 0 bridgehead atoms. The van der Waals surface area contributed by atoms with Crippen LogP contribution in [0.1, 0.15) is 39.8 Å². The lowest BCUT2D eigenvalue weighted by Crippen LogP contribution is -2.24. The van der Waals surface area contributed by atoms with E-state index in [4.69, 9.17) is 4.74 Å². The lowest BCUT2D eigenvalue weighted by molar-refractivity contribution is 0.111. The van der Waals surface area contributed by atoms with Gasteiger partial charge in [-0.2, -0.15) is 0 Å². The first-order valence-electron chi connectivity index (χ1n) is 10.9. The van der Waals surface area contributed by atoms with Gasteiger partial charge in [-0.05, 0) is 62.5 Å². The number of nitrogens with zero attached hydrogens (tertiary/aromatic N) is 3. The molecule has 0 amide bonds. The monoisotopic (exact) mass is 452 g/mol. The quantitative estimate of drug-likeness (QED) is 0.423. The predicted octanol–water partition coefficient (Wildman–Crippen LogP) is 4.41. The molecule has 0 atom stereocenters. The van der Waals surface area contributed by atoms with Crippen LogP contribution in [0.3, 0.4) is 0 Å². The Morgan fingerprint density at radius 2 is 2.00 bits per heavy atom. The van der Waals surface area contributed by atoms with Gasteiger partial charge in [-0.25, -0.2) is 9.29 Å². The molecule has 0 fully saturated rings. The van der Waals surface area contributed by atoms with Crippen LogP contribution in [-0.2, 0) is 26.6 Å². The van der Waals surface area contributed by atoms with Crippen molar-refractivity contribution in [2.45, 2.75) is 38.3 Å². The van der Waals surface area contributed by atoms with E-state index in [0.29, 0.717) is 6.61 Å². The number of carbonyl (C=O) groups is 1. The number of carbonyl (C=O) groups excluding carboxylic acids is 1. The van der Waals surface area contributed by atoms with Crippen LogP contribution >= 0.6 is 11.9 Å². The van der Waals surface area contributed by atoms with Crippen molar-refractivity contribution in [3.05, 3.63) is 76.7 Å². The molecule has 1 N–H and O–H groups in total. The summed E-state index contributed by atoms with van der Waals surface area (Å²) in [5, 5.41) is 3.06. The molecule has 3 aromatic rings. The maximum Gasteiger partial charge on any atom is 0.217 e. The number of benzene rings is 1. The zero-order valence-electron chi connectivity index (χ0n) is 19.3. The van der Waals surface area contributed by atoms with Gasteiger partial charge in [0.15, 0.2) is 6.29 Å². The summed E-state index contributed by atoms with van der Waals surface area (Å²) in [4.78, 5) is 16.3. The summed E-state index contributed by atoms with van der Waals surface area (Å²) < 4.78 is 9.66. The Morgan fingerprint density at radius 1 is 1.22 bits per heavy atom. The van der Waals surface area contributed by atoms with Crippen molar-refractivity contribution in [1.82, 2.24) is 19.2 Å². The fraction of sp³-hybridized carbons (Fsp3) is 0.360. The first-order chi connectivity index (χ1) is 15.6. The van der Waals surface area contributed by atoms with Crippen LogP contribution in [0.5, 0.6) is 5.88 Å². The van der Waals surface area contributed by atoms with Crippen molar-refractivity contribution in [3.8, 4) is 5.88 Å². The van der Waals surface area contributed by atoms with Crippen LogP contribution in [0.25, 0.3) is 0 Å². The molecule has 7 heteroatoms. The van der Waals surface area contributed by atoms with Gasteiger partial charge in [-0.3, -0.25) is 4.79 Å². The van der Waals surface area contributed by atoms with Crippen LogP contribution in [0, 0.1) is 6.92 Å². The van der Waals surface area contributed by atoms with Gasteiger partial charge in [0.2, 0.25) is 5.88 Å². The Morgan fingerprint density at radius 3 is 2.69 bits per heavy atom. The van der Waals surface area contributed by atoms with E-state index in [9.17, 15) is 4.79 Å². The molecule has 0 spiro atoms. The Balaban J connectivity index is 0.000000207. The molecule has 0 saturated heterocycles. The van der Waals surface area contributed by atoms with Crippen LogP contribution in [0.2, 0.25) is 0 Å². The van der Waals surface area contributed by atoms with Crippen LogP contribution in [0.4, 0.5) is 0 Å². The van der Waals surface area contributed by atoms with Crippen molar-refractivity contribution in [3.63, 3.8) is 0 Å². The second-order valence-corrected chi connectivity index (χ2v) is 8.74. The standard InChI is InChI=1S/C16H18N2OS.C9H14N2O/c1-12-16(9-15(11-19)17(12)2)20-18-8-7-13-5-3-4-6-14(13)10-18;1-3-12-9-8(7-10-2)5-4-6-11-9/h3-6,9,11H,7-8,10H2,1-2H3;4-6,10H,3,7H2,1-2H3. The molecule has 0 radical (unpaired) electrons. The van der Waals surface area contributed by atoms with E-state index < -0.39 is 0 Å². The molecule has 0 saturated carbocycles. The van der Waals surface area contributed by atoms with Crippen molar-refractivity contribution in [1.29, 1.82) is 0 Å². The number of aldehydes is 1. The van der Waals surface area contributed by atoms with Crippen molar-refractivity contribution < 1.29 is 9.53 Å². The number of nitrogens with one attached hydrogen (secondary N) is 1. The molecule has 6 nitrogen and oxygen atoms in total. The van der Waals surface area contributed by atoms with E-state index in [0.717, 1.165) is 55.2 Å². The van der Waals surface area contributed by atoms with Gasteiger partial charge in [0.05, 0.1) is 12.3 Å². The summed E-state index contributed by atoms with van der Waals surface area (Å²) >= 11 is 1.76. The molecule has 1 aliphatic rings. The molecule has 1 aliphatic heterocycles. The van der Waals surface area contributed by atoms with E-state index >= 15 is 0 Å². The normalized spacial score (nSPS) is 13.1. The minimum atomic E-state index is 0.660. The minimum absolute atomic E-state index is 0.660. The third-order valence-corrected chi connectivity index (χ3v) is 6.65. The van der Waals surface area contributed by atoms with E-state index in [2.05, 4.69) is 45.8 Å². The second kappa shape index (κ2) is 11.9. The second-order valence-electron chi connectivity index (χ2n) is 7.60. The maximum absolute atomic E-state index is 11.0. The Kier molecular flexibility index (Phi) is 8.90. The third kappa shape index (κ3) is 6.00. The molecule has 2 aromatic heterocycles. The molecule has 3 heterocycles. The summed E-state index contributed by atoms with van der Waals surface area (Å²) in [7, 11) is 3.84. The van der Waals surface area contributed by atoms with Gasteiger partial charge >= 0.3 is 0 Å². The molecular weight excluding hydrogens is 420 g/mol. The summed E-state index contributed by atoms with van der Waals surface area (Å²) in [5.74, 6) is 0.731. The molecule has 170 valence electrons.